The lowest BCUT2D eigenvalue weighted by Crippen LogP contribution is -2.34. The number of furan rings is 1. The molecule has 0 amide bonds. The van der Waals surface area contributed by atoms with Crippen molar-refractivity contribution >= 4 is 0 Å². The number of rotatable bonds is 4. The van der Waals surface area contributed by atoms with Crippen molar-refractivity contribution in [2.24, 2.45) is 5.41 Å². The Balaban J connectivity index is 1.68. The fourth-order valence-corrected chi connectivity index (χ4v) is 3.11. The molecule has 0 bridgehead atoms. The molecule has 112 valence electrons. The van der Waals surface area contributed by atoms with Crippen molar-refractivity contribution in [2.45, 2.75) is 38.8 Å². The molecular formula is C17H22N2O2. The minimum atomic E-state index is -0.520. The van der Waals surface area contributed by atoms with Crippen molar-refractivity contribution in [1.29, 1.82) is 0 Å². The molecule has 2 atom stereocenters. The molecule has 0 saturated carbocycles. The molecule has 0 aromatic carbocycles. The summed E-state index contributed by atoms with van der Waals surface area (Å²) >= 11 is 0. The number of nitrogens with one attached hydrogen (secondary N) is 1. The van der Waals surface area contributed by atoms with Crippen LogP contribution in [0.4, 0.5) is 0 Å². The van der Waals surface area contributed by atoms with Gasteiger partial charge in [0.2, 0.25) is 0 Å². The van der Waals surface area contributed by atoms with Crippen LogP contribution < -0.4 is 5.32 Å². The molecule has 4 heteroatoms. The van der Waals surface area contributed by atoms with E-state index in [4.69, 9.17) is 4.42 Å². The van der Waals surface area contributed by atoms with Gasteiger partial charge in [0.05, 0.1) is 12.4 Å². The Hall–Kier alpha value is -1.65. The first-order valence-corrected chi connectivity index (χ1v) is 7.43. The fraction of sp³-hybridized carbons (Fsp3) is 0.471. The maximum Gasteiger partial charge on any atom is 0.109 e. The molecule has 0 radical (unpaired) electrons. The third-order valence-corrected chi connectivity index (χ3v) is 4.20. The summed E-state index contributed by atoms with van der Waals surface area (Å²) in [6.45, 7) is 5.04. The van der Waals surface area contributed by atoms with Crippen molar-refractivity contribution in [2.75, 3.05) is 6.54 Å². The van der Waals surface area contributed by atoms with Gasteiger partial charge >= 0.3 is 0 Å². The molecular weight excluding hydrogens is 264 g/mol. The third-order valence-electron chi connectivity index (χ3n) is 4.20. The number of pyridine rings is 1. The summed E-state index contributed by atoms with van der Waals surface area (Å²) in [5.74, 6) is 1.07. The maximum atomic E-state index is 10.3. The van der Waals surface area contributed by atoms with Crippen molar-refractivity contribution in [1.82, 2.24) is 10.3 Å². The van der Waals surface area contributed by atoms with E-state index in [1.165, 1.54) is 5.56 Å². The minimum absolute atomic E-state index is 0.212. The summed E-state index contributed by atoms with van der Waals surface area (Å²) < 4.78 is 5.60. The predicted molar refractivity (Wildman–Crippen MR) is 80.8 cm³/mol. The van der Waals surface area contributed by atoms with Crippen LogP contribution in [-0.4, -0.2) is 16.6 Å². The first-order chi connectivity index (χ1) is 10.1. The van der Waals surface area contributed by atoms with Gasteiger partial charge in [-0.15, -0.1) is 0 Å². The van der Waals surface area contributed by atoms with Gasteiger partial charge in [0.25, 0.3) is 0 Å². The first kappa shape index (κ1) is 14.3. The SMILES string of the molecule is CC1(C)Cc2occc2C(NCC(O)c2ccncc2)C1. The van der Waals surface area contributed by atoms with Crippen LogP contribution in [0, 0.1) is 5.41 Å². The number of aliphatic hydroxyl groups is 1. The molecule has 2 unspecified atom stereocenters. The Kier molecular flexibility index (Phi) is 3.83. The molecule has 0 aliphatic heterocycles. The van der Waals surface area contributed by atoms with Gasteiger partial charge in [0.1, 0.15) is 5.76 Å². The first-order valence-electron chi connectivity index (χ1n) is 7.43. The van der Waals surface area contributed by atoms with Gasteiger partial charge in [-0.05, 0) is 35.6 Å². The van der Waals surface area contributed by atoms with Gasteiger partial charge in [-0.1, -0.05) is 13.8 Å². The van der Waals surface area contributed by atoms with Gasteiger partial charge in [0, 0.05) is 37.0 Å². The molecule has 2 heterocycles. The molecule has 4 nitrogen and oxygen atoms in total. The fourth-order valence-electron chi connectivity index (χ4n) is 3.11. The van der Waals surface area contributed by atoms with E-state index in [9.17, 15) is 5.11 Å². The smallest absolute Gasteiger partial charge is 0.109 e. The zero-order valence-electron chi connectivity index (χ0n) is 12.5. The molecule has 21 heavy (non-hydrogen) atoms. The molecule has 2 aromatic heterocycles. The molecule has 1 aliphatic rings. The van der Waals surface area contributed by atoms with E-state index in [1.807, 2.05) is 18.2 Å². The lowest BCUT2D eigenvalue weighted by molar-refractivity contribution is 0.157. The second kappa shape index (κ2) is 5.62. The summed E-state index contributed by atoms with van der Waals surface area (Å²) in [7, 11) is 0. The van der Waals surface area contributed by atoms with Crippen LogP contribution >= 0.6 is 0 Å². The molecule has 3 rings (SSSR count). The number of fused-ring (bicyclic) bond motifs is 1. The Morgan fingerprint density at radius 3 is 2.90 bits per heavy atom. The van der Waals surface area contributed by atoms with Crippen LogP contribution in [0.25, 0.3) is 0 Å². The highest BCUT2D eigenvalue weighted by Crippen LogP contribution is 2.41. The van der Waals surface area contributed by atoms with Crippen LogP contribution in [0.5, 0.6) is 0 Å². The largest absolute Gasteiger partial charge is 0.469 e. The summed E-state index contributed by atoms with van der Waals surface area (Å²) in [6.07, 6.45) is 6.67. The van der Waals surface area contributed by atoms with E-state index in [1.54, 1.807) is 18.7 Å². The number of nitrogens with zero attached hydrogens (tertiary/aromatic N) is 1. The van der Waals surface area contributed by atoms with Crippen LogP contribution in [-0.2, 0) is 6.42 Å². The molecule has 0 fully saturated rings. The van der Waals surface area contributed by atoms with Gasteiger partial charge in [-0.2, -0.15) is 0 Å². The lowest BCUT2D eigenvalue weighted by Gasteiger charge is -2.35. The normalized spacial score (nSPS) is 21.8. The summed E-state index contributed by atoms with van der Waals surface area (Å²) in [5.41, 5.74) is 2.33. The maximum absolute atomic E-state index is 10.3. The lowest BCUT2D eigenvalue weighted by atomic mass is 9.75. The van der Waals surface area contributed by atoms with Crippen molar-refractivity contribution < 1.29 is 9.52 Å². The second-order valence-corrected chi connectivity index (χ2v) is 6.60. The Morgan fingerprint density at radius 1 is 1.38 bits per heavy atom. The monoisotopic (exact) mass is 286 g/mol. The number of hydrogen-bond acceptors (Lipinski definition) is 4. The van der Waals surface area contributed by atoms with Crippen LogP contribution in [0.3, 0.4) is 0 Å². The summed E-state index contributed by atoms with van der Waals surface area (Å²) in [5, 5.41) is 13.8. The van der Waals surface area contributed by atoms with E-state index >= 15 is 0 Å². The quantitative estimate of drug-likeness (QED) is 0.907. The number of hydrogen-bond donors (Lipinski definition) is 2. The topological polar surface area (TPSA) is 58.3 Å². The van der Waals surface area contributed by atoms with E-state index in [-0.39, 0.29) is 11.5 Å². The van der Waals surface area contributed by atoms with Crippen LogP contribution in [0.15, 0.2) is 41.3 Å². The average molecular weight is 286 g/mol. The zero-order chi connectivity index (χ0) is 14.9. The van der Waals surface area contributed by atoms with Crippen molar-refractivity contribution in [3.63, 3.8) is 0 Å². The number of aromatic nitrogens is 1. The van der Waals surface area contributed by atoms with E-state index in [2.05, 4.69) is 24.1 Å². The number of aliphatic hydroxyl groups excluding tert-OH is 1. The van der Waals surface area contributed by atoms with E-state index in [0.29, 0.717) is 6.54 Å². The minimum Gasteiger partial charge on any atom is -0.469 e. The molecule has 1 aliphatic carbocycles. The van der Waals surface area contributed by atoms with E-state index in [0.717, 1.165) is 24.2 Å². The van der Waals surface area contributed by atoms with Gasteiger partial charge in [-0.25, -0.2) is 0 Å². The Labute approximate surface area is 125 Å². The van der Waals surface area contributed by atoms with Crippen LogP contribution in [0.1, 0.15) is 49.3 Å². The van der Waals surface area contributed by atoms with Gasteiger partial charge in [0.15, 0.2) is 0 Å². The third kappa shape index (κ3) is 3.17. The standard InChI is InChI=1S/C17H22N2O2/c1-17(2)9-14(13-5-8-21-16(13)10-17)19-11-15(20)12-3-6-18-7-4-12/h3-8,14-15,19-20H,9-11H2,1-2H3. The van der Waals surface area contributed by atoms with Crippen molar-refractivity contribution in [3.8, 4) is 0 Å². The highest BCUT2D eigenvalue weighted by molar-refractivity contribution is 5.26. The van der Waals surface area contributed by atoms with Gasteiger partial charge < -0.3 is 14.8 Å². The summed E-state index contributed by atoms with van der Waals surface area (Å²) in [6, 6.07) is 5.97. The van der Waals surface area contributed by atoms with Gasteiger partial charge in [-0.3, -0.25) is 4.98 Å². The van der Waals surface area contributed by atoms with Crippen molar-refractivity contribution in [3.05, 3.63) is 53.7 Å². The highest BCUT2D eigenvalue weighted by Gasteiger charge is 2.34. The van der Waals surface area contributed by atoms with Crippen LogP contribution in [0.2, 0.25) is 0 Å². The Bertz CT molecular complexity index is 592. The van der Waals surface area contributed by atoms with E-state index < -0.39 is 6.10 Å². The summed E-state index contributed by atoms with van der Waals surface area (Å²) in [4.78, 5) is 3.98. The molecule has 2 N–H and O–H groups in total. The zero-order valence-corrected chi connectivity index (χ0v) is 12.5. The molecule has 0 spiro atoms. The molecule has 2 aromatic rings. The average Bonchev–Trinajstić information content (AvgIpc) is 2.92. The Morgan fingerprint density at radius 2 is 2.14 bits per heavy atom. The highest BCUT2D eigenvalue weighted by atomic mass is 16.3. The molecule has 0 saturated heterocycles. The second-order valence-electron chi connectivity index (χ2n) is 6.60. The predicted octanol–water partition coefficient (Wildman–Crippen LogP) is 3.01.